The molecule has 0 amide bonds. The van der Waals surface area contributed by atoms with Crippen LogP contribution in [-0.4, -0.2) is 18.2 Å². The molecule has 0 radical (unpaired) electrons. The van der Waals surface area contributed by atoms with E-state index in [4.69, 9.17) is 0 Å². The number of benzene rings is 1. The third kappa shape index (κ3) is 2.76. The Hall–Kier alpha value is -0.860. The maximum Gasteiger partial charge on any atom is 0.0908 e. The molecular weight excluding hydrogens is 222 g/mol. The first-order chi connectivity index (χ1) is 8.51. The fourth-order valence-electron chi connectivity index (χ4n) is 2.77. The second kappa shape index (κ2) is 5.41. The van der Waals surface area contributed by atoms with Crippen molar-refractivity contribution in [2.75, 3.05) is 13.1 Å². The predicted octanol–water partition coefficient (Wildman–Crippen LogP) is 3.02. The third-order valence-electron chi connectivity index (χ3n) is 4.25. The van der Waals surface area contributed by atoms with Gasteiger partial charge in [0.1, 0.15) is 0 Å². The molecule has 0 aliphatic carbocycles. The topological polar surface area (TPSA) is 32.3 Å². The summed E-state index contributed by atoms with van der Waals surface area (Å²) < 4.78 is 0. The van der Waals surface area contributed by atoms with Crippen molar-refractivity contribution in [2.24, 2.45) is 5.92 Å². The molecule has 1 aromatic rings. The molecule has 2 heteroatoms. The molecule has 1 saturated heterocycles. The number of hydrogen-bond acceptors (Lipinski definition) is 2. The summed E-state index contributed by atoms with van der Waals surface area (Å²) in [4.78, 5) is 0. The lowest BCUT2D eigenvalue weighted by atomic mass is 9.78. The van der Waals surface area contributed by atoms with Crippen molar-refractivity contribution in [1.29, 1.82) is 0 Å². The van der Waals surface area contributed by atoms with Crippen molar-refractivity contribution >= 4 is 0 Å². The number of hydrogen-bond donors (Lipinski definition) is 2. The Labute approximate surface area is 110 Å². The van der Waals surface area contributed by atoms with Gasteiger partial charge in [-0.1, -0.05) is 38.1 Å². The average molecular weight is 247 g/mol. The highest BCUT2D eigenvalue weighted by Crippen LogP contribution is 2.33. The standard InChI is InChI=1S/C16H25NO/c1-12(2)13-6-8-14(9-7-13)16(3,18)15-5-4-10-17-11-15/h6-9,12,15,17-18H,4-5,10-11H2,1-3H3. The Morgan fingerprint density at radius 1 is 1.28 bits per heavy atom. The van der Waals surface area contributed by atoms with Crippen molar-refractivity contribution in [3.8, 4) is 0 Å². The Kier molecular flexibility index (Phi) is 4.08. The molecule has 0 spiro atoms. The Balaban J connectivity index is 2.17. The van der Waals surface area contributed by atoms with Gasteiger partial charge in [-0.2, -0.15) is 0 Å². The Bertz CT molecular complexity index is 375. The van der Waals surface area contributed by atoms with Crippen molar-refractivity contribution in [3.05, 3.63) is 35.4 Å². The van der Waals surface area contributed by atoms with Gasteiger partial charge in [0, 0.05) is 12.5 Å². The molecule has 2 rings (SSSR count). The summed E-state index contributed by atoms with van der Waals surface area (Å²) in [5.41, 5.74) is 1.65. The largest absolute Gasteiger partial charge is 0.385 e. The van der Waals surface area contributed by atoms with E-state index in [1.165, 1.54) is 5.56 Å². The number of rotatable bonds is 3. The molecule has 2 N–H and O–H groups in total. The minimum absolute atomic E-state index is 0.316. The summed E-state index contributed by atoms with van der Waals surface area (Å²) >= 11 is 0. The first kappa shape index (κ1) is 13.6. The minimum atomic E-state index is -0.719. The molecule has 1 aliphatic heterocycles. The molecule has 2 atom stereocenters. The Morgan fingerprint density at radius 3 is 2.44 bits per heavy atom. The molecule has 2 unspecified atom stereocenters. The third-order valence-corrected chi connectivity index (χ3v) is 4.25. The van der Waals surface area contributed by atoms with Crippen LogP contribution in [0.2, 0.25) is 0 Å². The summed E-state index contributed by atoms with van der Waals surface area (Å²) in [5, 5.41) is 14.2. The summed E-state index contributed by atoms with van der Waals surface area (Å²) in [7, 11) is 0. The number of aliphatic hydroxyl groups is 1. The molecular formula is C16H25NO. The SMILES string of the molecule is CC(C)c1ccc(C(C)(O)C2CCCNC2)cc1. The van der Waals surface area contributed by atoms with Gasteiger partial charge in [0.25, 0.3) is 0 Å². The van der Waals surface area contributed by atoms with E-state index in [2.05, 4.69) is 43.4 Å². The molecule has 1 aliphatic rings. The predicted molar refractivity (Wildman–Crippen MR) is 75.7 cm³/mol. The molecule has 100 valence electrons. The maximum atomic E-state index is 10.8. The summed E-state index contributed by atoms with van der Waals surface area (Å²) in [6.45, 7) is 8.34. The van der Waals surface area contributed by atoms with Gasteiger partial charge in [-0.05, 0) is 43.4 Å². The van der Waals surface area contributed by atoms with Crippen LogP contribution in [0.1, 0.15) is 50.7 Å². The van der Waals surface area contributed by atoms with Crippen molar-refractivity contribution in [2.45, 2.75) is 45.1 Å². The highest BCUT2D eigenvalue weighted by atomic mass is 16.3. The van der Waals surface area contributed by atoms with Gasteiger partial charge in [-0.3, -0.25) is 0 Å². The zero-order valence-electron chi connectivity index (χ0n) is 11.7. The first-order valence-corrected chi connectivity index (χ1v) is 7.05. The van der Waals surface area contributed by atoms with Crippen molar-refractivity contribution in [1.82, 2.24) is 5.32 Å². The van der Waals surface area contributed by atoms with Gasteiger partial charge < -0.3 is 10.4 Å². The molecule has 1 aromatic carbocycles. The van der Waals surface area contributed by atoms with Crippen molar-refractivity contribution < 1.29 is 5.11 Å². The van der Waals surface area contributed by atoms with Crippen LogP contribution < -0.4 is 5.32 Å². The highest BCUT2D eigenvalue weighted by Gasteiger charge is 2.34. The second-order valence-corrected chi connectivity index (χ2v) is 5.97. The fraction of sp³-hybridized carbons (Fsp3) is 0.625. The van der Waals surface area contributed by atoms with Crippen LogP contribution in [0.15, 0.2) is 24.3 Å². The van der Waals surface area contributed by atoms with E-state index >= 15 is 0 Å². The number of piperidine rings is 1. The van der Waals surface area contributed by atoms with E-state index in [9.17, 15) is 5.11 Å². The molecule has 1 fully saturated rings. The number of nitrogens with one attached hydrogen (secondary N) is 1. The van der Waals surface area contributed by atoms with Crippen LogP contribution in [0.5, 0.6) is 0 Å². The minimum Gasteiger partial charge on any atom is -0.385 e. The molecule has 0 aromatic heterocycles. The van der Waals surface area contributed by atoms with E-state index in [-0.39, 0.29) is 0 Å². The molecule has 1 heterocycles. The normalized spacial score (nSPS) is 23.9. The monoisotopic (exact) mass is 247 g/mol. The van der Waals surface area contributed by atoms with Gasteiger partial charge >= 0.3 is 0 Å². The van der Waals surface area contributed by atoms with Crippen LogP contribution in [0.3, 0.4) is 0 Å². The molecule has 0 bridgehead atoms. The molecule has 18 heavy (non-hydrogen) atoms. The summed E-state index contributed by atoms with van der Waals surface area (Å²) in [6.07, 6.45) is 2.26. The summed E-state index contributed by atoms with van der Waals surface area (Å²) in [5.74, 6) is 0.858. The second-order valence-electron chi connectivity index (χ2n) is 5.97. The van der Waals surface area contributed by atoms with Gasteiger partial charge in [-0.25, -0.2) is 0 Å². The van der Waals surface area contributed by atoms with E-state index < -0.39 is 5.60 Å². The lowest BCUT2D eigenvalue weighted by Crippen LogP contribution is -2.42. The van der Waals surface area contributed by atoms with E-state index in [0.717, 1.165) is 31.5 Å². The first-order valence-electron chi connectivity index (χ1n) is 7.05. The highest BCUT2D eigenvalue weighted by molar-refractivity contribution is 5.29. The van der Waals surface area contributed by atoms with Gasteiger partial charge in [0.2, 0.25) is 0 Å². The van der Waals surface area contributed by atoms with E-state index in [0.29, 0.717) is 11.8 Å². The summed E-state index contributed by atoms with van der Waals surface area (Å²) in [6, 6.07) is 8.46. The van der Waals surface area contributed by atoms with E-state index in [1.54, 1.807) is 0 Å². The zero-order chi connectivity index (χ0) is 13.2. The fourth-order valence-corrected chi connectivity index (χ4v) is 2.77. The van der Waals surface area contributed by atoms with Gasteiger partial charge in [0.05, 0.1) is 5.60 Å². The smallest absolute Gasteiger partial charge is 0.0908 e. The lowest BCUT2D eigenvalue weighted by Gasteiger charge is -2.36. The molecule has 2 nitrogen and oxygen atoms in total. The van der Waals surface area contributed by atoms with Crippen LogP contribution >= 0.6 is 0 Å². The van der Waals surface area contributed by atoms with E-state index in [1.807, 2.05) is 6.92 Å². The Morgan fingerprint density at radius 2 is 1.94 bits per heavy atom. The van der Waals surface area contributed by atoms with Gasteiger partial charge in [0.15, 0.2) is 0 Å². The van der Waals surface area contributed by atoms with Gasteiger partial charge in [-0.15, -0.1) is 0 Å². The quantitative estimate of drug-likeness (QED) is 0.860. The van der Waals surface area contributed by atoms with Crippen LogP contribution in [0, 0.1) is 5.92 Å². The molecule has 0 saturated carbocycles. The van der Waals surface area contributed by atoms with Crippen molar-refractivity contribution in [3.63, 3.8) is 0 Å². The average Bonchev–Trinajstić information content (AvgIpc) is 2.40. The van der Waals surface area contributed by atoms with Crippen LogP contribution in [0.4, 0.5) is 0 Å². The zero-order valence-corrected chi connectivity index (χ0v) is 11.7. The van der Waals surface area contributed by atoms with Crippen LogP contribution in [-0.2, 0) is 5.60 Å². The maximum absolute atomic E-state index is 10.8. The lowest BCUT2D eigenvalue weighted by molar-refractivity contribution is -0.0156. The van der Waals surface area contributed by atoms with Crippen LogP contribution in [0.25, 0.3) is 0 Å².